The topological polar surface area (TPSA) is 68.7 Å². The number of rotatable bonds is 6. The van der Waals surface area contributed by atoms with Crippen LogP contribution >= 0.6 is 11.3 Å². The molecule has 0 bridgehead atoms. The second-order valence-corrected chi connectivity index (χ2v) is 5.87. The van der Waals surface area contributed by atoms with Crippen molar-refractivity contribution in [2.75, 3.05) is 7.11 Å². The summed E-state index contributed by atoms with van der Waals surface area (Å²) in [4.78, 5) is 15.1. The molecule has 0 saturated carbocycles. The van der Waals surface area contributed by atoms with Crippen LogP contribution in [0.15, 0.2) is 53.9 Å². The molecule has 1 N–H and O–H groups in total. The summed E-state index contributed by atoms with van der Waals surface area (Å²) in [5, 5.41) is 11.2. The predicted molar refractivity (Wildman–Crippen MR) is 91.8 cm³/mol. The van der Waals surface area contributed by atoms with E-state index < -0.39 is 5.97 Å². The fourth-order valence-electron chi connectivity index (χ4n) is 2.14. The van der Waals surface area contributed by atoms with Gasteiger partial charge in [-0.1, -0.05) is 18.2 Å². The Balaban J connectivity index is 1.71. The third-order valence-electron chi connectivity index (χ3n) is 3.36. The number of aromatic carboxylic acids is 1. The van der Waals surface area contributed by atoms with Gasteiger partial charge in [-0.3, -0.25) is 0 Å². The smallest absolute Gasteiger partial charge is 0.355 e. The van der Waals surface area contributed by atoms with Gasteiger partial charge in [-0.15, -0.1) is 11.3 Å². The number of benzene rings is 2. The molecular formula is C18H15NO4S. The van der Waals surface area contributed by atoms with Crippen molar-refractivity contribution >= 4 is 17.3 Å². The summed E-state index contributed by atoms with van der Waals surface area (Å²) in [6, 6.07) is 15.1. The number of thiazole rings is 1. The molecular weight excluding hydrogens is 326 g/mol. The molecule has 0 aliphatic heterocycles. The lowest BCUT2D eigenvalue weighted by molar-refractivity contribution is 0.0691. The molecule has 0 spiro atoms. The third-order valence-corrected chi connectivity index (χ3v) is 4.25. The van der Waals surface area contributed by atoms with E-state index in [1.807, 2.05) is 48.5 Å². The number of methoxy groups -OCH3 is 1. The molecule has 0 saturated heterocycles. The number of carboxylic acids is 1. The van der Waals surface area contributed by atoms with E-state index in [2.05, 4.69) is 4.98 Å². The Bertz CT molecular complexity index is 842. The fourth-order valence-corrected chi connectivity index (χ4v) is 2.93. The van der Waals surface area contributed by atoms with Crippen LogP contribution in [-0.4, -0.2) is 23.2 Å². The molecule has 24 heavy (non-hydrogen) atoms. The molecule has 1 aromatic heterocycles. The average molecular weight is 341 g/mol. The maximum absolute atomic E-state index is 10.9. The van der Waals surface area contributed by atoms with Crippen LogP contribution in [0.3, 0.4) is 0 Å². The lowest BCUT2D eigenvalue weighted by atomic mass is 10.1. The van der Waals surface area contributed by atoms with Gasteiger partial charge in [0.05, 0.1) is 7.11 Å². The van der Waals surface area contributed by atoms with Crippen LogP contribution in [-0.2, 0) is 6.61 Å². The zero-order valence-electron chi connectivity index (χ0n) is 12.9. The first-order valence-corrected chi connectivity index (χ1v) is 8.08. The van der Waals surface area contributed by atoms with Crippen LogP contribution in [0.4, 0.5) is 0 Å². The number of hydrogen-bond acceptors (Lipinski definition) is 5. The van der Waals surface area contributed by atoms with Gasteiger partial charge in [0.25, 0.3) is 0 Å². The zero-order valence-corrected chi connectivity index (χ0v) is 13.7. The molecule has 0 fully saturated rings. The highest BCUT2D eigenvalue weighted by Gasteiger charge is 2.10. The number of hydrogen-bond donors (Lipinski definition) is 1. The van der Waals surface area contributed by atoms with E-state index in [0.717, 1.165) is 22.6 Å². The van der Waals surface area contributed by atoms with Crippen molar-refractivity contribution in [3.05, 3.63) is 65.2 Å². The predicted octanol–water partition coefficient (Wildman–Crippen LogP) is 4.10. The van der Waals surface area contributed by atoms with Crippen molar-refractivity contribution in [3.8, 4) is 22.1 Å². The van der Waals surface area contributed by atoms with E-state index in [9.17, 15) is 4.79 Å². The Hall–Kier alpha value is -2.86. The van der Waals surface area contributed by atoms with Crippen molar-refractivity contribution in [1.82, 2.24) is 4.98 Å². The van der Waals surface area contributed by atoms with Gasteiger partial charge < -0.3 is 14.6 Å². The van der Waals surface area contributed by atoms with Gasteiger partial charge in [0.1, 0.15) is 23.1 Å². The van der Waals surface area contributed by atoms with Crippen LogP contribution in [0.1, 0.15) is 16.1 Å². The Labute approximate surface area is 143 Å². The Kier molecular flexibility index (Phi) is 4.77. The van der Waals surface area contributed by atoms with E-state index in [0.29, 0.717) is 11.6 Å². The first-order valence-electron chi connectivity index (χ1n) is 7.20. The van der Waals surface area contributed by atoms with Gasteiger partial charge in [0, 0.05) is 10.9 Å². The van der Waals surface area contributed by atoms with Gasteiger partial charge >= 0.3 is 5.97 Å². The molecule has 5 nitrogen and oxygen atoms in total. The van der Waals surface area contributed by atoms with E-state index >= 15 is 0 Å². The average Bonchev–Trinajstić information content (AvgIpc) is 3.11. The molecule has 0 unspecified atom stereocenters. The Morgan fingerprint density at radius 1 is 1.17 bits per heavy atom. The molecule has 0 aliphatic carbocycles. The van der Waals surface area contributed by atoms with E-state index in [1.165, 1.54) is 16.7 Å². The standard InChI is InChI=1S/C18H15NO4S/c1-22-14-5-7-15(8-6-14)23-10-12-3-2-4-13(9-12)17-19-16(11-24-17)18(20)21/h2-9,11H,10H2,1H3,(H,20,21). The normalized spacial score (nSPS) is 10.4. The summed E-state index contributed by atoms with van der Waals surface area (Å²) in [6.07, 6.45) is 0. The van der Waals surface area contributed by atoms with Gasteiger partial charge in [-0.05, 0) is 35.9 Å². The third kappa shape index (κ3) is 3.72. The highest BCUT2D eigenvalue weighted by molar-refractivity contribution is 7.13. The van der Waals surface area contributed by atoms with Crippen molar-refractivity contribution in [2.24, 2.45) is 0 Å². The SMILES string of the molecule is COc1ccc(OCc2cccc(-c3nc(C(=O)O)cs3)c2)cc1. The number of ether oxygens (including phenoxy) is 2. The molecule has 122 valence electrons. The molecule has 0 atom stereocenters. The Morgan fingerprint density at radius 3 is 2.58 bits per heavy atom. The summed E-state index contributed by atoms with van der Waals surface area (Å²) in [5.41, 5.74) is 1.92. The second kappa shape index (κ2) is 7.14. The summed E-state index contributed by atoms with van der Waals surface area (Å²) in [6.45, 7) is 0.414. The number of carbonyl (C=O) groups is 1. The fraction of sp³-hybridized carbons (Fsp3) is 0.111. The monoisotopic (exact) mass is 341 g/mol. The molecule has 1 heterocycles. The maximum atomic E-state index is 10.9. The minimum Gasteiger partial charge on any atom is -0.497 e. The largest absolute Gasteiger partial charge is 0.497 e. The highest BCUT2D eigenvalue weighted by Crippen LogP contribution is 2.25. The summed E-state index contributed by atoms with van der Waals surface area (Å²) in [7, 11) is 1.62. The molecule has 3 rings (SSSR count). The van der Waals surface area contributed by atoms with Gasteiger partial charge in [-0.25, -0.2) is 9.78 Å². The molecule has 6 heteroatoms. The lowest BCUT2D eigenvalue weighted by Crippen LogP contribution is -1.97. The first kappa shape index (κ1) is 16.0. The minimum atomic E-state index is -1.02. The second-order valence-electron chi connectivity index (χ2n) is 5.01. The molecule has 3 aromatic rings. The van der Waals surface area contributed by atoms with Crippen LogP contribution in [0.25, 0.3) is 10.6 Å². The summed E-state index contributed by atoms with van der Waals surface area (Å²) >= 11 is 1.31. The van der Waals surface area contributed by atoms with E-state index in [4.69, 9.17) is 14.6 Å². The molecule has 0 amide bonds. The van der Waals surface area contributed by atoms with Crippen molar-refractivity contribution < 1.29 is 19.4 Å². The molecule has 2 aromatic carbocycles. The number of carboxylic acid groups (broad SMARTS) is 1. The lowest BCUT2D eigenvalue weighted by Gasteiger charge is -2.08. The first-order chi connectivity index (χ1) is 11.7. The summed E-state index contributed by atoms with van der Waals surface area (Å²) < 4.78 is 10.9. The van der Waals surface area contributed by atoms with Crippen LogP contribution < -0.4 is 9.47 Å². The van der Waals surface area contributed by atoms with Gasteiger partial charge in [0.2, 0.25) is 0 Å². The zero-order chi connectivity index (χ0) is 16.9. The van der Waals surface area contributed by atoms with Gasteiger partial charge in [-0.2, -0.15) is 0 Å². The quantitative estimate of drug-likeness (QED) is 0.731. The Morgan fingerprint density at radius 2 is 1.92 bits per heavy atom. The van der Waals surface area contributed by atoms with Crippen molar-refractivity contribution in [3.63, 3.8) is 0 Å². The van der Waals surface area contributed by atoms with E-state index in [1.54, 1.807) is 7.11 Å². The van der Waals surface area contributed by atoms with Crippen molar-refractivity contribution in [2.45, 2.75) is 6.61 Å². The van der Waals surface area contributed by atoms with Crippen LogP contribution in [0, 0.1) is 0 Å². The maximum Gasteiger partial charge on any atom is 0.355 e. The number of aromatic nitrogens is 1. The summed E-state index contributed by atoms with van der Waals surface area (Å²) in [5.74, 6) is 0.516. The molecule has 0 radical (unpaired) electrons. The van der Waals surface area contributed by atoms with Gasteiger partial charge in [0.15, 0.2) is 5.69 Å². The number of nitrogens with zero attached hydrogens (tertiary/aromatic N) is 1. The minimum absolute atomic E-state index is 0.0647. The van der Waals surface area contributed by atoms with Crippen LogP contribution in [0.2, 0.25) is 0 Å². The van der Waals surface area contributed by atoms with Crippen LogP contribution in [0.5, 0.6) is 11.5 Å². The molecule has 0 aliphatic rings. The van der Waals surface area contributed by atoms with Crippen molar-refractivity contribution in [1.29, 1.82) is 0 Å². The van der Waals surface area contributed by atoms with E-state index in [-0.39, 0.29) is 5.69 Å². The highest BCUT2D eigenvalue weighted by atomic mass is 32.1.